The van der Waals surface area contributed by atoms with Crippen LogP contribution in [-0.2, 0) is 15.2 Å². The summed E-state index contributed by atoms with van der Waals surface area (Å²) in [5.74, 6) is -0.458. The minimum Gasteiger partial charge on any atom is -0.372 e. The summed E-state index contributed by atoms with van der Waals surface area (Å²) in [6.45, 7) is 1.77. The Labute approximate surface area is 187 Å². The van der Waals surface area contributed by atoms with Gasteiger partial charge in [-0.05, 0) is 48.6 Å². The Morgan fingerprint density at radius 3 is 1.91 bits per heavy atom. The summed E-state index contributed by atoms with van der Waals surface area (Å²) >= 11 is 0. The minimum atomic E-state index is -1.89. The first kappa shape index (κ1) is 21.5. The van der Waals surface area contributed by atoms with Crippen LogP contribution in [0, 0.1) is 5.92 Å². The first-order valence-corrected chi connectivity index (χ1v) is 10.6. The number of nitrogens with one attached hydrogen (secondary N) is 2. The van der Waals surface area contributed by atoms with Crippen LogP contribution in [0.4, 0.5) is 5.69 Å². The number of rotatable bonds is 7. The van der Waals surface area contributed by atoms with Crippen LogP contribution >= 0.6 is 0 Å². The van der Waals surface area contributed by atoms with E-state index < -0.39 is 11.5 Å². The van der Waals surface area contributed by atoms with Gasteiger partial charge in [-0.1, -0.05) is 72.8 Å². The van der Waals surface area contributed by atoms with Crippen molar-refractivity contribution in [2.75, 3.05) is 5.32 Å². The molecule has 3 N–H and O–H groups in total. The van der Waals surface area contributed by atoms with Crippen molar-refractivity contribution in [3.63, 3.8) is 0 Å². The Kier molecular flexibility index (Phi) is 6.14. The van der Waals surface area contributed by atoms with Crippen molar-refractivity contribution >= 4 is 23.2 Å². The summed E-state index contributed by atoms with van der Waals surface area (Å²) < 4.78 is 0. The molecular formula is C26H25N3O3. The van der Waals surface area contributed by atoms with E-state index in [0.29, 0.717) is 16.8 Å². The molecule has 0 heterocycles. The first-order valence-electron chi connectivity index (χ1n) is 10.6. The molecule has 0 radical (unpaired) electrons. The second kappa shape index (κ2) is 9.16. The summed E-state index contributed by atoms with van der Waals surface area (Å²) in [5, 5.41) is 18.6. The van der Waals surface area contributed by atoms with Crippen LogP contribution in [0.5, 0.6) is 0 Å². The van der Waals surface area contributed by atoms with Crippen LogP contribution in [0.1, 0.15) is 36.5 Å². The third-order valence-corrected chi connectivity index (χ3v) is 5.56. The van der Waals surface area contributed by atoms with E-state index in [1.165, 1.54) is 0 Å². The van der Waals surface area contributed by atoms with Crippen LogP contribution in [0.25, 0.3) is 0 Å². The van der Waals surface area contributed by atoms with E-state index in [9.17, 15) is 14.7 Å². The molecule has 6 nitrogen and oxygen atoms in total. The van der Waals surface area contributed by atoms with Gasteiger partial charge in [-0.15, -0.1) is 0 Å². The normalized spacial score (nSPS) is 14.0. The summed E-state index contributed by atoms with van der Waals surface area (Å²) in [7, 11) is 0. The molecule has 162 valence electrons. The SMILES string of the molecule is C/C(=N/NC(=O)C(O)(c1ccccc1)c1ccccc1)c1ccc(NC(=O)C2CC2)cc1. The van der Waals surface area contributed by atoms with Gasteiger partial charge in [0, 0.05) is 11.6 Å². The molecule has 0 atom stereocenters. The van der Waals surface area contributed by atoms with Gasteiger partial charge in [0.1, 0.15) is 0 Å². The highest BCUT2D eigenvalue weighted by Crippen LogP contribution is 2.31. The lowest BCUT2D eigenvalue weighted by atomic mass is 9.85. The fourth-order valence-corrected chi connectivity index (χ4v) is 3.45. The minimum absolute atomic E-state index is 0.0523. The molecule has 0 aromatic heterocycles. The Hall–Kier alpha value is -3.77. The molecule has 0 saturated heterocycles. The zero-order valence-electron chi connectivity index (χ0n) is 17.8. The zero-order chi connectivity index (χ0) is 22.6. The molecule has 0 unspecified atom stereocenters. The van der Waals surface area contributed by atoms with Crippen molar-refractivity contribution in [2.24, 2.45) is 11.0 Å². The summed E-state index contributed by atoms with van der Waals surface area (Å²) in [6.07, 6.45) is 1.90. The third kappa shape index (κ3) is 4.60. The molecule has 1 aliphatic rings. The van der Waals surface area contributed by atoms with Crippen LogP contribution in [0.3, 0.4) is 0 Å². The number of hydrogen-bond donors (Lipinski definition) is 3. The maximum Gasteiger partial charge on any atom is 0.281 e. The number of hydrogen-bond acceptors (Lipinski definition) is 4. The maximum absolute atomic E-state index is 13.1. The second-order valence-corrected chi connectivity index (χ2v) is 7.92. The van der Waals surface area contributed by atoms with Crippen molar-refractivity contribution < 1.29 is 14.7 Å². The topological polar surface area (TPSA) is 90.8 Å². The van der Waals surface area contributed by atoms with E-state index in [4.69, 9.17) is 0 Å². The first-order chi connectivity index (χ1) is 15.5. The summed E-state index contributed by atoms with van der Waals surface area (Å²) in [6, 6.07) is 24.8. The summed E-state index contributed by atoms with van der Waals surface area (Å²) in [5.41, 5.74) is 3.62. The zero-order valence-corrected chi connectivity index (χ0v) is 17.8. The van der Waals surface area contributed by atoms with Gasteiger partial charge >= 0.3 is 0 Å². The third-order valence-electron chi connectivity index (χ3n) is 5.56. The standard InChI is InChI=1S/C26H25N3O3/c1-18(19-14-16-23(17-15-19)27-24(30)20-12-13-20)28-29-25(31)26(32,21-8-4-2-5-9-21)22-10-6-3-7-11-22/h2-11,14-17,20,32H,12-13H2,1H3,(H,27,30)(H,29,31)/b28-18-. The van der Waals surface area contributed by atoms with Crippen LogP contribution in [-0.4, -0.2) is 22.6 Å². The lowest BCUT2D eigenvalue weighted by molar-refractivity contribution is -0.136. The van der Waals surface area contributed by atoms with Gasteiger partial charge in [-0.2, -0.15) is 5.10 Å². The highest BCUT2D eigenvalue weighted by atomic mass is 16.3. The molecule has 2 amide bonds. The molecular weight excluding hydrogens is 402 g/mol. The van der Waals surface area contributed by atoms with Gasteiger partial charge in [-0.25, -0.2) is 5.43 Å². The second-order valence-electron chi connectivity index (χ2n) is 7.92. The quantitative estimate of drug-likeness (QED) is 0.396. The molecule has 32 heavy (non-hydrogen) atoms. The Bertz CT molecular complexity index is 1080. The fraction of sp³-hybridized carbons (Fsp3) is 0.192. The van der Waals surface area contributed by atoms with E-state index in [1.54, 1.807) is 67.6 Å². The Morgan fingerprint density at radius 2 is 1.41 bits per heavy atom. The molecule has 3 aromatic rings. The fourth-order valence-electron chi connectivity index (χ4n) is 3.45. The highest BCUT2D eigenvalue weighted by molar-refractivity contribution is 6.01. The monoisotopic (exact) mass is 427 g/mol. The van der Waals surface area contributed by atoms with E-state index in [1.807, 2.05) is 24.3 Å². The number of benzene rings is 3. The van der Waals surface area contributed by atoms with Gasteiger partial charge in [0.05, 0.1) is 5.71 Å². The van der Waals surface area contributed by atoms with Crippen molar-refractivity contribution in [2.45, 2.75) is 25.4 Å². The molecule has 0 bridgehead atoms. The predicted octanol–water partition coefficient (Wildman–Crippen LogP) is 3.81. The van der Waals surface area contributed by atoms with Crippen LogP contribution < -0.4 is 10.7 Å². The largest absolute Gasteiger partial charge is 0.372 e. The molecule has 3 aromatic carbocycles. The van der Waals surface area contributed by atoms with Gasteiger partial charge in [-0.3, -0.25) is 9.59 Å². The molecule has 1 fully saturated rings. The Morgan fingerprint density at radius 1 is 0.875 bits per heavy atom. The highest BCUT2D eigenvalue weighted by Gasteiger charge is 2.40. The van der Waals surface area contributed by atoms with Crippen LogP contribution in [0.2, 0.25) is 0 Å². The number of nitrogens with zero attached hydrogens (tertiary/aromatic N) is 1. The average Bonchev–Trinajstić information content (AvgIpc) is 3.69. The van der Waals surface area contributed by atoms with Gasteiger partial charge in [0.2, 0.25) is 5.91 Å². The number of carbonyl (C=O) groups excluding carboxylic acids is 2. The van der Waals surface area contributed by atoms with Gasteiger partial charge < -0.3 is 10.4 Å². The molecule has 0 aliphatic heterocycles. The smallest absolute Gasteiger partial charge is 0.281 e. The molecule has 1 aliphatic carbocycles. The Balaban J connectivity index is 1.51. The lowest BCUT2D eigenvalue weighted by Crippen LogP contribution is -2.43. The van der Waals surface area contributed by atoms with Gasteiger partial charge in [0.25, 0.3) is 5.91 Å². The van der Waals surface area contributed by atoms with E-state index in [-0.39, 0.29) is 11.8 Å². The molecule has 4 rings (SSSR count). The van der Waals surface area contributed by atoms with Crippen molar-refractivity contribution in [3.8, 4) is 0 Å². The van der Waals surface area contributed by atoms with E-state index in [2.05, 4.69) is 15.8 Å². The van der Waals surface area contributed by atoms with Gasteiger partial charge in [0.15, 0.2) is 5.60 Å². The van der Waals surface area contributed by atoms with Crippen molar-refractivity contribution in [1.82, 2.24) is 5.43 Å². The average molecular weight is 428 g/mol. The van der Waals surface area contributed by atoms with Crippen LogP contribution in [0.15, 0.2) is 90.0 Å². The molecule has 6 heteroatoms. The predicted molar refractivity (Wildman–Crippen MR) is 124 cm³/mol. The van der Waals surface area contributed by atoms with Crippen molar-refractivity contribution in [1.29, 1.82) is 0 Å². The summed E-state index contributed by atoms with van der Waals surface area (Å²) in [4.78, 5) is 25.0. The molecule has 1 saturated carbocycles. The lowest BCUT2D eigenvalue weighted by Gasteiger charge is -2.27. The number of aliphatic hydroxyl groups is 1. The number of anilines is 1. The molecule has 0 spiro atoms. The number of carbonyl (C=O) groups is 2. The van der Waals surface area contributed by atoms with E-state index >= 15 is 0 Å². The van der Waals surface area contributed by atoms with E-state index in [0.717, 1.165) is 24.1 Å². The number of hydrazone groups is 1. The van der Waals surface area contributed by atoms with Crippen molar-refractivity contribution in [3.05, 3.63) is 102 Å². The number of amides is 2. The maximum atomic E-state index is 13.1.